The Balaban J connectivity index is 0. The van der Waals surface area contributed by atoms with E-state index in [0.29, 0.717) is 0 Å². The molecule has 0 aromatic carbocycles. The average molecular weight is 219 g/mol. The van der Waals surface area contributed by atoms with E-state index in [0.717, 1.165) is 0 Å². The first kappa shape index (κ1) is 14.5. The van der Waals surface area contributed by atoms with E-state index in [1.807, 2.05) is 42.7 Å². The molecule has 0 aliphatic carbocycles. The molecule has 2 aromatic heterocycles. The normalized spacial score (nSPS) is 6.77. The van der Waals surface area contributed by atoms with E-state index in [9.17, 15) is 0 Å². The van der Waals surface area contributed by atoms with Gasteiger partial charge in [0.25, 0.3) is 0 Å². The Morgan fingerprint density at radius 3 is 1.38 bits per heavy atom. The van der Waals surface area contributed by atoms with Gasteiger partial charge in [0, 0.05) is 24.8 Å². The highest BCUT2D eigenvalue weighted by molar-refractivity contribution is 5.85. The van der Waals surface area contributed by atoms with Crippen LogP contribution in [0.3, 0.4) is 0 Å². The number of nitrogens with zero attached hydrogens (tertiary/aromatic N) is 1. The molecular formula is C9H12Cl2N2. The van der Waals surface area contributed by atoms with Gasteiger partial charge < -0.3 is 4.98 Å². The predicted molar refractivity (Wildman–Crippen MR) is 59.5 cm³/mol. The monoisotopic (exact) mass is 218 g/mol. The second kappa shape index (κ2) is 11.0. The van der Waals surface area contributed by atoms with Gasteiger partial charge >= 0.3 is 0 Å². The molecular weight excluding hydrogens is 207 g/mol. The topological polar surface area (TPSA) is 28.7 Å². The van der Waals surface area contributed by atoms with Crippen LogP contribution in [-0.4, -0.2) is 9.97 Å². The Kier molecular flexibility index (Phi) is 12.3. The van der Waals surface area contributed by atoms with E-state index in [-0.39, 0.29) is 24.8 Å². The van der Waals surface area contributed by atoms with Crippen molar-refractivity contribution >= 4 is 24.8 Å². The molecule has 0 atom stereocenters. The molecule has 2 nitrogen and oxygen atoms in total. The van der Waals surface area contributed by atoms with Gasteiger partial charge in [-0.25, -0.2) is 0 Å². The Morgan fingerprint density at radius 1 is 0.692 bits per heavy atom. The number of aromatic nitrogens is 2. The summed E-state index contributed by atoms with van der Waals surface area (Å²) in [6.07, 6.45) is 7.25. The maximum absolute atomic E-state index is 3.78. The lowest BCUT2D eigenvalue weighted by Crippen LogP contribution is -1.58. The van der Waals surface area contributed by atoms with Gasteiger partial charge in [-0.1, -0.05) is 6.07 Å². The summed E-state index contributed by atoms with van der Waals surface area (Å²) < 4.78 is 0. The number of rotatable bonds is 0. The summed E-state index contributed by atoms with van der Waals surface area (Å²) in [6.45, 7) is 0. The van der Waals surface area contributed by atoms with Gasteiger partial charge in [-0.05, 0) is 24.3 Å². The van der Waals surface area contributed by atoms with Crippen LogP contribution in [0.15, 0.2) is 55.1 Å². The summed E-state index contributed by atoms with van der Waals surface area (Å²) in [5, 5.41) is 0. The number of H-pyrrole nitrogens is 1. The molecule has 1 N–H and O–H groups in total. The molecule has 13 heavy (non-hydrogen) atoms. The fourth-order valence-corrected chi connectivity index (χ4v) is 0.590. The third-order valence-electron chi connectivity index (χ3n) is 1.06. The maximum atomic E-state index is 3.78. The summed E-state index contributed by atoms with van der Waals surface area (Å²) in [5.41, 5.74) is 0. The fraction of sp³-hybridized carbons (Fsp3) is 0. The highest BCUT2D eigenvalue weighted by Crippen LogP contribution is 1.73. The summed E-state index contributed by atoms with van der Waals surface area (Å²) in [4.78, 5) is 6.65. The summed E-state index contributed by atoms with van der Waals surface area (Å²) in [7, 11) is 0. The number of halogens is 2. The van der Waals surface area contributed by atoms with Crippen LogP contribution in [0.2, 0.25) is 0 Å². The van der Waals surface area contributed by atoms with Gasteiger partial charge in [-0.3, -0.25) is 4.98 Å². The first-order valence-electron chi connectivity index (χ1n) is 3.43. The van der Waals surface area contributed by atoms with Crippen LogP contribution in [0.4, 0.5) is 0 Å². The van der Waals surface area contributed by atoms with E-state index in [2.05, 4.69) is 9.97 Å². The highest BCUT2D eigenvalue weighted by Gasteiger charge is 1.58. The number of pyridine rings is 1. The smallest absolute Gasteiger partial charge is 0.0267 e. The Hall–Kier alpha value is -0.990. The minimum Gasteiger partial charge on any atom is -0.368 e. The van der Waals surface area contributed by atoms with Crippen LogP contribution in [-0.2, 0) is 0 Å². The first-order chi connectivity index (χ1) is 5.50. The Labute approximate surface area is 90.2 Å². The van der Waals surface area contributed by atoms with Crippen molar-refractivity contribution in [1.82, 2.24) is 9.97 Å². The van der Waals surface area contributed by atoms with Gasteiger partial charge in [0.1, 0.15) is 0 Å². The van der Waals surface area contributed by atoms with Gasteiger partial charge in [-0.2, -0.15) is 0 Å². The number of hydrogen-bond acceptors (Lipinski definition) is 1. The van der Waals surface area contributed by atoms with Crippen LogP contribution in [0, 0.1) is 0 Å². The van der Waals surface area contributed by atoms with Gasteiger partial charge in [0.2, 0.25) is 0 Å². The molecule has 0 saturated carbocycles. The second-order valence-corrected chi connectivity index (χ2v) is 1.91. The van der Waals surface area contributed by atoms with Crippen LogP contribution in [0.1, 0.15) is 0 Å². The molecule has 72 valence electrons. The van der Waals surface area contributed by atoms with E-state index in [1.54, 1.807) is 12.4 Å². The fourth-order valence-electron chi connectivity index (χ4n) is 0.590. The van der Waals surface area contributed by atoms with Crippen LogP contribution in [0.25, 0.3) is 0 Å². The van der Waals surface area contributed by atoms with Crippen molar-refractivity contribution in [1.29, 1.82) is 0 Å². The second-order valence-electron chi connectivity index (χ2n) is 1.91. The summed E-state index contributed by atoms with van der Waals surface area (Å²) in [5.74, 6) is 0. The van der Waals surface area contributed by atoms with Gasteiger partial charge in [0.15, 0.2) is 0 Å². The van der Waals surface area contributed by atoms with Gasteiger partial charge in [0.05, 0.1) is 0 Å². The lowest BCUT2D eigenvalue weighted by Gasteiger charge is -1.70. The van der Waals surface area contributed by atoms with E-state index < -0.39 is 0 Å². The summed E-state index contributed by atoms with van der Waals surface area (Å²) in [6, 6.07) is 9.60. The average Bonchev–Trinajstić information content (AvgIpc) is 2.64. The number of nitrogens with one attached hydrogen (secondary N) is 1. The zero-order valence-electron chi connectivity index (χ0n) is 6.96. The van der Waals surface area contributed by atoms with Gasteiger partial charge in [-0.15, -0.1) is 24.8 Å². The Morgan fingerprint density at radius 2 is 1.23 bits per heavy atom. The standard InChI is InChI=1S/C5H5N.C4H5N.2ClH/c1-2-4-6-5-3-1;1-2-4-5-3-1;;/h1-5H;1-5H;2*1H. The van der Waals surface area contributed by atoms with E-state index in [4.69, 9.17) is 0 Å². The zero-order chi connectivity index (χ0) is 7.78. The molecule has 0 radical (unpaired) electrons. The molecule has 4 heteroatoms. The quantitative estimate of drug-likeness (QED) is 0.724. The lowest BCUT2D eigenvalue weighted by molar-refractivity contribution is 1.33. The Bertz CT molecular complexity index is 201. The molecule has 2 rings (SSSR count). The van der Waals surface area contributed by atoms with Crippen molar-refractivity contribution < 1.29 is 0 Å². The number of hydrogen-bond donors (Lipinski definition) is 1. The molecule has 0 spiro atoms. The van der Waals surface area contributed by atoms with Crippen molar-refractivity contribution in [2.24, 2.45) is 0 Å². The molecule has 0 saturated heterocycles. The maximum Gasteiger partial charge on any atom is 0.0267 e. The van der Waals surface area contributed by atoms with Crippen LogP contribution in [0.5, 0.6) is 0 Å². The van der Waals surface area contributed by atoms with Crippen molar-refractivity contribution in [3.8, 4) is 0 Å². The van der Waals surface area contributed by atoms with E-state index in [1.165, 1.54) is 0 Å². The minimum absolute atomic E-state index is 0. The SMILES string of the molecule is Cl.Cl.c1cc[nH]c1.c1ccncc1. The molecule has 0 bridgehead atoms. The third-order valence-corrected chi connectivity index (χ3v) is 1.06. The largest absolute Gasteiger partial charge is 0.368 e. The molecule has 0 amide bonds. The van der Waals surface area contributed by atoms with Crippen molar-refractivity contribution in [2.75, 3.05) is 0 Å². The zero-order valence-corrected chi connectivity index (χ0v) is 8.59. The lowest BCUT2D eigenvalue weighted by atomic mass is 10.5. The van der Waals surface area contributed by atoms with Crippen LogP contribution < -0.4 is 0 Å². The summed E-state index contributed by atoms with van der Waals surface area (Å²) >= 11 is 0. The molecule has 0 unspecified atom stereocenters. The highest BCUT2D eigenvalue weighted by atomic mass is 35.5. The van der Waals surface area contributed by atoms with Crippen molar-refractivity contribution in [3.63, 3.8) is 0 Å². The van der Waals surface area contributed by atoms with Crippen LogP contribution >= 0.6 is 24.8 Å². The number of aromatic amines is 1. The molecule has 0 aliphatic rings. The molecule has 2 heterocycles. The molecule has 2 aromatic rings. The van der Waals surface area contributed by atoms with Crippen molar-refractivity contribution in [2.45, 2.75) is 0 Å². The third kappa shape index (κ3) is 8.92. The predicted octanol–water partition coefficient (Wildman–Crippen LogP) is 2.94. The molecule has 0 aliphatic heterocycles. The van der Waals surface area contributed by atoms with E-state index >= 15 is 0 Å². The first-order valence-corrected chi connectivity index (χ1v) is 3.43. The van der Waals surface area contributed by atoms with Crippen molar-refractivity contribution in [3.05, 3.63) is 55.1 Å². The minimum atomic E-state index is 0. The molecule has 0 fully saturated rings.